The van der Waals surface area contributed by atoms with Crippen molar-refractivity contribution in [2.45, 2.75) is 39.5 Å². The molecule has 0 spiro atoms. The predicted molar refractivity (Wildman–Crippen MR) is 105 cm³/mol. The molecule has 27 heavy (non-hydrogen) atoms. The summed E-state index contributed by atoms with van der Waals surface area (Å²) in [6.45, 7) is 8.11. The second-order valence-electron chi connectivity index (χ2n) is 7.60. The Morgan fingerprint density at radius 2 is 1.63 bits per heavy atom. The van der Waals surface area contributed by atoms with Gasteiger partial charge in [0.25, 0.3) is 0 Å². The minimum atomic E-state index is -0.00664. The number of nitrogens with one attached hydrogen (secondary N) is 1. The number of hydrogen-bond acceptors (Lipinski definition) is 3. The number of piperidine rings is 1. The highest BCUT2D eigenvalue weighted by atomic mass is 16.5. The van der Waals surface area contributed by atoms with Crippen LogP contribution in [0.2, 0.25) is 0 Å². The molecule has 0 radical (unpaired) electrons. The fourth-order valence-electron chi connectivity index (χ4n) is 3.94. The van der Waals surface area contributed by atoms with E-state index >= 15 is 0 Å². The summed E-state index contributed by atoms with van der Waals surface area (Å²) in [6.07, 6.45) is 3.69. The maximum absolute atomic E-state index is 12.4. The van der Waals surface area contributed by atoms with Crippen LogP contribution in [0.1, 0.15) is 36.8 Å². The zero-order valence-electron chi connectivity index (χ0n) is 16.5. The van der Waals surface area contributed by atoms with Crippen molar-refractivity contribution in [1.82, 2.24) is 15.1 Å². The Morgan fingerprint density at radius 3 is 2.26 bits per heavy atom. The van der Waals surface area contributed by atoms with E-state index in [0.29, 0.717) is 26.2 Å². The van der Waals surface area contributed by atoms with Crippen LogP contribution in [0.4, 0.5) is 4.79 Å². The molecule has 2 aliphatic rings. The molecule has 2 aliphatic heterocycles. The molecule has 2 saturated heterocycles. The largest absolute Gasteiger partial charge is 0.491 e. The fourth-order valence-corrected chi connectivity index (χ4v) is 3.94. The topological polar surface area (TPSA) is 61.9 Å². The number of likely N-dealkylation sites (tertiary alicyclic amines) is 2. The van der Waals surface area contributed by atoms with Gasteiger partial charge in [0.05, 0.1) is 6.54 Å². The van der Waals surface area contributed by atoms with Crippen molar-refractivity contribution >= 4 is 11.9 Å². The second-order valence-corrected chi connectivity index (χ2v) is 7.60. The highest BCUT2D eigenvalue weighted by Gasteiger charge is 2.30. The van der Waals surface area contributed by atoms with Crippen LogP contribution in [0.5, 0.6) is 5.75 Å². The predicted octanol–water partition coefficient (Wildman–Crippen LogP) is 2.73. The van der Waals surface area contributed by atoms with Crippen LogP contribution in [-0.2, 0) is 4.79 Å². The van der Waals surface area contributed by atoms with Gasteiger partial charge in [-0.3, -0.25) is 4.79 Å². The van der Waals surface area contributed by atoms with Gasteiger partial charge in [0.1, 0.15) is 12.4 Å². The molecule has 6 nitrogen and oxygen atoms in total. The lowest BCUT2D eigenvalue weighted by molar-refractivity contribution is -0.126. The zero-order valence-corrected chi connectivity index (χ0v) is 16.5. The highest BCUT2D eigenvalue weighted by molar-refractivity contribution is 5.79. The summed E-state index contributed by atoms with van der Waals surface area (Å²) >= 11 is 0. The van der Waals surface area contributed by atoms with E-state index in [1.54, 1.807) is 0 Å². The van der Waals surface area contributed by atoms with Gasteiger partial charge in [0.15, 0.2) is 0 Å². The van der Waals surface area contributed by atoms with E-state index in [2.05, 4.69) is 5.32 Å². The van der Waals surface area contributed by atoms with Gasteiger partial charge in [0.2, 0.25) is 5.91 Å². The van der Waals surface area contributed by atoms with Crippen molar-refractivity contribution in [3.8, 4) is 5.75 Å². The fraction of sp³-hybridized carbons (Fsp3) is 0.619. The van der Waals surface area contributed by atoms with Crippen molar-refractivity contribution in [1.29, 1.82) is 0 Å². The first kappa shape index (κ1) is 19.5. The molecule has 1 aromatic carbocycles. The summed E-state index contributed by atoms with van der Waals surface area (Å²) in [5, 5.41) is 2.98. The van der Waals surface area contributed by atoms with E-state index < -0.39 is 0 Å². The number of ether oxygens (including phenoxy) is 1. The Morgan fingerprint density at radius 1 is 1.04 bits per heavy atom. The van der Waals surface area contributed by atoms with Gasteiger partial charge in [-0.1, -0.05) is 18.2 Å². The summed E-state index contributed by atoms with van der Waals surface area (Å²) in [4.78, 5) is 28.6. The quantitative estimate of drug-likeness (QED) is 0.808. The number of carbonyl (C=O) groups is 2. The first-order valence-corrected chi connectivity index (χ1v) is 10.1. The molecule has 0 aromatic heterocycles. The van der Waals surface area contributed by atoms with Gasteiger partial charge in [-0.05, 0) is 50.7 Å². The maximum atomic E-state index is 12.4. The molecule has 2 heterocycles. The Hall–Kier alpha value is -2.24. The molecule has 3 rings (SSSR count). The molecule has 3 amide bonds. The van der Waals surface area contributed by atoms with Gasteiger partial charge < -0.3 is 19.9 Å². The molecular weight excluding hydrogens is 342 g/mol. The number of nitrogens with zero attached hydrogens (tertiary/aromatic N) is 2. The first-order valence-electron chi connectivity index (χ1n) is 10.1. The number of rotatable bonds is 5. The molecule has 0 atom stereocenters. The van der Waals surface area contributed by atoms with Gasteiger partial charge in [-0.2, -0.15) is 0 Å². The summed E-state index contributed by atoms with van der Waals surface area (Å²) in [7, 11) is 0. The van der Waals surface area contributed by atoms with Crippen molar-refractivity contribution < 1.29 is 14.3 Å². The van der Waals surface area contributed by atoms with Crippen molar-refractivity contribution in [3.05, 3.63) is 29.3 Å². The SMILES string of the molecule is Cc1cccc(C)c1OCCNC(=O)C1CCN(C(=O)N2CCCC2)CC1. The smallest absolute Gasteiger partial charge is 0.319 e. The van der Waals surface area contributed by atoms with E-state index in [1.165, 1.54) is 0 Å². The third-order valence-electron chi connectivity index (χ3n) is 5.57. The van der Waals surface area contributed by atoms with Gasteiger partial charge in [-0.15, -0.1) is 0 Å². The molecule has 0 unspecified atom stereocenters. The minimum absolute atomic E-state index is 0.00664. The number of hydrogen-bond donors (Lipinski definition) is 1. The van der Waals surface area contributed by atoms with E-state index in [-0.39, 0.29) is 17.9 Å². The third kappa shape index (κ3) is 4.93. The van der Waals surface area contributed by atoms with E-state index in [1.807, 2.05) is 41.8 Å². The Bertz CT molecular complexity index is 642. The van der Waals surface area contributed by atoms with Gasteiger partial charge in [0, 0.05) is 32.1 Å². The number of amides is 3. The van der Waals surface area contributed by atoms with E-state index in [0.717, 1.165) is 55.6 Å². The van der Waals surface area contributed by atoms with Crippen LogP contribution in [0.3, 0.4) is 0 Å². The van der Waals surface area contributed by atoms with Crippen LogP contribution in [0, 0.1) is 19.8 Å². The summed E-state index contributed by atoms with van der Waals surface area (Å²) in [5.41, 5.74) is 2.22. The lowest BCUT2D eigenvalue weighted by Gasteiger charge is -2.34. The molecule has 0 aliphatic carbocycles. The van der Waals surface area contributed by atoms with Gasteiger partial charge >= 0.3 is 6.03 Å². The van der Waals surface area contributed by atoms with Gasteiger partial charge in [-0.25, -0.2) is 4.79 Å². The number of carbonyl (C=O) groups excluding carboxylic acids is 2. The van der Waals surface area contributed by atoms with Crippen molar-refractivity contribution in [3.63, 3.8) is 0 Å². The van der Waals surface area contributed by atoms with Crippen LogP contribution >= 0.6 is 0 Å². The van der Waals surface area contributed by atoms with Crippen LogP contribution < -0.4 is 10.1 Å². The lowest BCUT2D eigenvalue weighted by atomic mass is 9.96. The maximum Gasteiger partial charge on any atom is 0.319 e. The van der Waals surface area contributed by atoms with Crippen LogP contribution in [0.25, 0.3) is 0 Å². The van der Waals surface area contributed by atoms with Crippen molar-refractivity contribution in [2.75, 3.05) is 39.3 Å². The molecule has 0 bridgehead atoms. The second kappa shape index (κ2) is 9.11. The Labute approximate surface area is 161 Å². The monoisotopic (exact) mass is 373 g/mol. The normalized spacial score (nSPS) is 17.9. The Kier molecular flexibility index (Phi) is 6.58. The number of aryl methyl sites for hydroxylation is 2. The molecule has 1 aromatic rings. The summed E-state index contributed by atoms with van der Waals surface area (Å²) < 4.78 is 5.84. The number of para-hydroxylation sites is 1. The first-order chi connectivity index (χ1) is 13.1. The highest BCUT2D eigenvalue weighted by Crippen LogP contribution is 2.22. The lowest BCUT2D eigenvalue weighted by Crippen LogP contribution is -2.48. The van der Waals surface area contributed by atoms with Crippen LogP contribution in [-0.4, -0.2) is 61.1 Å². The van der Waals surface area contributed by atoms with E-state index in [9.17, 15) is 9.59 Å². The molecular formula is C21H31N3O3. The van der Waals surface area contributed by atoms with Crippen molar-refractivity contribution in [2.24, 2.45) is 5.92 Å². The molecule has 1 N–H and O–H groups in total. The number of urea groups is 1. The standard InChI is InChI=1S/C21H31N3O3/c1-16-6-5-7-17(2)19(16)27-15-10-22-20(25)18-8-13-24(14-9-18)21(26)23-11-3-4-12-23/h5-7,18H,3-4,8-15H2,1-2H3,(H,22,25). The summed E-state index contributed by atoms with van der Waals surface area (Å²) in [6, 6.07) is 6.21. The molecule has 148 valence electrons. The Balaban J connectivity index is 1.36. The third-order valence-corrected chi connectivity index (χ3v) is 5.57. The average molecular weight is 373 g/mol. The molecule has 0 saturated carbocycles. The summed E-state index contributed by atoms with van der Waals surface area (Å²) in [5.74, 6) is 0.974. The number of benzene rings is 1. The van der Waals surface area contributed by atoms with E-state index in [4.69, 9.17) is 4.74 Å². The minimum Gasteiger partial charge on any atom is -0.491 e. The van der Waals surface area contributed by atoms with Crippen LogP contribution in [0.15, 0.2) is 18.2 Å². The molecule has 6 heteroatoms. The molecule has 2 fully saturated rings. The average Bonchev–Trinajstić information content (AvgIpc) is 3.21. The zero-order chi connectivity index (χ0) is 19.2.